The van der Waals surface area contributed by atoms with Gasteiger partial charge in [-0.1, -0.05) is 6.07 Å². The summed E-state index contributed by atoms with van der Waals surface area (Å²) in [5.74, 6) is 0.381. The zero-order valence-corrected chi connectivity index (χ0v) is 15.5. The predicted octanol–water partition coefficient (Wildman–Crippen LogP) is 3.87. The molecule has 1 unspecified atom stereocenters. The molecular formula is C17H17BrN2O5. The molecule has 25 heavy (non-hydrogen) atoms. The number of carbonyl (C=O) groups is 1. The number of nitrogens with zero attached hydrogens (tertiary/aromatic N) is 1. The van der Waals surface area contributed by atoms with Crippen LogP contribution in [0, 0.1) is 10.1 Å². The third-order valence-corrected chi connectivity index (χ3v) is 4.28. The fourth-order valence-corrected chi connectivity index (χ4v) is 2.85. The second kappa shape index (κ2) is 7.98. The Morgan fingerprint density at radius 3 is 2.36 bits per heavy atom. The first-order valence-corrected chi connectivity index (χ1v) is 8.13. The number of amides is 1. The highest BCUT2D eigenvalue weighted by atomic mass is 79.9. The maximum absolute atomic E-state index is 12.4. The monoisotopic (exact) mass is 408 g/mol. The van der Waals surface area contributed by atoms with Crippen molar-refractivity contribution in [2.45, 2.75) is 13.0 Å². The number of rotatable bonds is 6. The van der Waals surface area contributed by atoms with Crippen LogP contribution in [0.2, 0.25) is 0 Å². The molecule has 7 nitrogen and oxygen atoms in total. The van der Waals surface area contributed by atoms with Gasteiger partial charge in [-0.25, -0.2) is 0 Å². The summed E-state index contributed by atoms with van der Waals surface area (Å²) in [5, 5.41) is 13.9. The maximum Gasteiger partial charge on any atom is 0.311 e. The molecule has 1 amide bonds. The molecule has 2 rings (SSSR count). The summed E-state index contributed by atoms with van der Waals surface area (Å²) >= 11 is 3.40. The molecule has 2 aromatic rings. The van der Waals surface area contributed by atoms with Crippen LogP contribution in [0.15, 0.2) is 40.9 Å². The van der Waals surface area contributed by atoms with Crippen molar-refractivity contribution >= 4 is 27.5 Å². The van der Waals surface area contributed by atoms with Crippen molar-refractivity contribution in [2.75, 3.05) is 14.2 Å². The van der Waals surface area contributed by atoms with Gasteiger partial charge in [0.15, 0.2) is 5.75 Å². The number of ether oxygens (including phenoxy) is 2. The lowest BCUT2D eigenvalue weighted by Gasteiger charge is -2.16. The first kappa shape index (κ1) is 18.7. The molecule has 0 aromatic heterocycles. The van der Waals surface area contributed by atoms with Crippen LogP contribution in [-0.4, -0.2) is 25.1 Å². The second-order valence-corrected chi connectivity index (χ2v) is 6.09. The molecular weight excluding hydrogens is 392 g/mol. The molecule has 0 radical (unpaired) electrons. The fourth-order valence-electron chi connectivity index (χ4n) is 2.29. The zero-order chi connectivity index (χ0) is 18.6. The average molecular weight is 409 g/mol. The van der Waals surface area contributed by atoms with Crippen LogP contribution in [0.4, 0.5) is 5.69 Å². The molecule has 132 valence electrons. The number of nitro benzene ring substituents is 1. The van der Waals surface area contributed by atoms with Crippen LogP contribution < -0.4 is 14.8 Å². The molecule has 0 aliphatic heterocycles. The molecule has 0 aliphatic rings. The summed E-state index contributed by atoms with van der Waals surface area (Å²) in [6, 6.07) is 9.27. The summed E-state index contributed by atoms with van der Waals surface area (Å²) in [7, 11) is 2.91. The summed E-state index contributed by atoms with van der Waals surface area (Å²) in [4.78, 5) is 22.9. The minimum absolute atomic E-state index is 0.105. The highest BCUT2D eigenvalue weighted by molar-refractivity contribution is 9.10. The Labute approximate surface area is 153 Å². The van der Waals surface area contributed by atoms with Gasteiger partial charge in [0.2, 0.25) is 0 Å². The van der Waals surface area contributed by atoms with E-state index < -0.39 is 10.8 Å². The van der Waals surface area contributed by atoms with Crippen LogP contribution in [0.3, 0.4) is 0 Å². The standard InChI is InChI=1S/C17H17BrN2O5/c1-10(11-4-6-15(24-2)13(18)8-11)19-17(21)12-5-7-16(25-3)14(9-12)20(22)23/h4-10H,1-3H3,(H,19,21). The molecule has 0 saturated heterocycles. The van der Waals surface area contributed by atoms with Crippen molar-refractivity contribution in [1.29, 1.82) is 0 Å². The topological polar surface area (TPSA) is 90.7 Å². The largest absolute Gasteiger partial charge is 0.496 e. The minimum atomic E-state index is -0.584. The Balaban J connectivity index is 2.20. The molecule has 2 aromatic carbocycles. The van der Waals surface area contributed by atoms with Gasteiger partial charge in [0.1, 0.15) is 5.75 Å². The van der Waals surface area contributed by atoms with E-state index in [9.17, 15) is 14.9 Å². The van der Waals surface area contributed by atoms with Gasteiger partial charge in [0, 0.05) is 11.6 Å². The van der Waals surface area contributed by atoms with Gasteiger partial charge in [-0.15, -0.1) is 0 Å². The molecule has 0 bridgehead atoms. The van der Waals surface area contributed by atoms with Crippen molar-refractivity contribution in [3.8, 4) is 11.5 Å². The molecule has 8 heteroatoms. The molecule has 0 saturated carbocycles. The van der Waals surface area contributed by atoms with E-state index in [2.05, 4.69) is 21.2 Å². The van der Waals surface area contributed by atoms with Gasteiger partial charge >= 0.3 is 5.69 Å². The van der Waals surface area contributed by atoms with Gasteiger partial charge < -0.3 is 14.8 Å². The smallest absolute Gasteiger partial charge is 0.311 e. The second-order valence-electron chi connectivity index (χ2n) is 5.23. The molecule has 0 fully saturated rings. The Morgan fingerprint density at radius 1 is 1.16 bits per heavy atom. The van der Waals surface area contributed by atoms with E-state index in [4.69, 9.17) is 9.47 Å². The number of nitro groups is 1. The van der Waals surface area contributed by atoms with E-state index >= 15 is 0 Å². The number of carbonyl (C=O) groups excluding carboxylic acids is 1. The van der Waals surface area contributed by atoms with Gasteiger partial charge in [-0.3, -0.25) is 14.9 Å². The van der Waals surface area contributed by atoms with Crippen LogP contribution >= 0.6 is 15.9 Å². The number of halogens is 1. The zero-order valence-electron chi connectivity index (χ0n) is 13.9. The highest BCUT2D eigenvalue weighted by Gasteiger charge is 2.19. The third-order valence-electron chi connectivity index (χ3n) is 3.66. The summed E-state index contributed by atoms with van der Waals surface area (Å²) in [6.07, 6.45) is 0. The van der Waals surface area contributed by atoms with Gasteiger partial charge in [0.05, 0.1) is 29.7 Å². The number of benzene rings is 2. The summed E-state index contributed by atoms with van der Waals surface area (Å²) in [5.41, 5.74) is 0.797. The lowest BCUT2D eigenvalue weighted by Crippen LogP contribution is -2.26. The van der Waals surface area contributed by atoms with Crippen LogP contribution in [-0.2, 0) is 0 Å². The van der Waals surface area contributed by atoms with E-state index in [-0.39, 0.29) is 23.0 Å². The van der Waals surface area contributed by atoms with Crippen LogP contribution in [0.1, 0.15) is 28.9 Å². The Morgan fingerprint density at radius 2 is 1.80 bits per heavy atom. The summed E-state index contributed by atoms with van der Waals surface area (Å²) in [6.45, 7) is 1.82. The fraction of sp³-hybridized carbons (Fsp3) is 0.235. The maximum atomic E-state index is 12.4. The van der Waals surface area contributed by atoms with Crippen LogP contribution in [0.25, 0.3) is 0 Å². The van der Waals surface area contributed by atoms with Crippen molar-refractivity contribution < 1.29 is 19.2 Å². The van der Waals surface area contributed by atoms with E-state index in [1.54, 1.807) is 13.2 Å². The predicted molar refractivity (Wildman–Crippen MR) is 96.2 cm³/mol. The van der Waals surface area contributed by atoms with Crippen LogP contribution in [0.5, 0.6) is 11.5 Å². The van der Waals surface area contributed by atoms with Crippen molar-refractivity contribution in [3.63, 3.8) is 0 Å². The van der Waals surface area contributed by atoms with E-state index in [1.807, 2.05) is 19.1 Å². The number of nitrogens with one attached hydrogen (secondary N) is 1. The first-order valence-electron chi connectivity index (χ1n) is 7.34. The minimum Gasteiger partial charge on any atom is -0.496 e. The van der Waals surface area contributed by atoms with Crippen molar-refractivity contribution in [2.24, 2.45) is 0 Å². The Bertz CT molecular complexity index is 810. The lowest BCUT2D eigenvalue weighted by atomic mass is 10.1. The average Bonchev–Trinajstić information content (AvgIpc) is 2.60. The molecule has 0 heterocycles. The number of hydrogen-bond donors (Lipinski definition) is 1. The Hall–Kier alpha value is -2.61. The molecule has 0 spiro atoms. The lowest BCUT2D eigenvalue weighted by molar-refractivity contribution is -0.385. The van der Waals surface area contributed by atoms with Gasteiger partial charge in [0.25, 0.3) is 5.91 Å². The number of methoxy groups -OCH3 is 2. The molecule has 1 N–H and O–H groups in total. The number of hydrogen-bond acceptors (Lipinski definition) is 5. The van der Waals surface area contributed by atoms with Gasteiger partial charge in [-0.2, -0.15) is 0 Å². The van der Waals surface area contributed by atoms with E-state index in [0.29, 0.717) is 5.75 Å². The molecule has 0 aliphatic carbocycles. The van der Waals surface area contributed by atoms with E-state index in [1.165, 1.54) is 25.3 Å². The van der Waals surface area contributed by atoms with Crippen molar-refractivity contribution in [3.05, 3.63) is 62.1 Å². The Kier molecular flexibility index (Phi) is 5.97. The summed E-state index contributed by atoms with van der Waals surface area (Å²) < 4.78 is 10.9. The van der Waals surface area contributed by atoms with Crippen molar-refractivity contribution in [1.82, 2.24) is 5.32 Å². The highest BCUT2D eigenvalue weighted by Crippen LogP contribution is 2.29. The SMILES string of the molecule is COc1ccc(C(C)NC(=O)c2ccc(OC)c([N+](=O)[O-])c2)cc1Br. The van der Waals surface area contributed by atoms with Gasteiger partial charge in [-0.05, 0) is 52.7 Å². The third kappa shape index (κ3) is 4.27. The normalized spacial score (nSPS) is 11.5. The van der Waals surface area contributed by atoms with E-state index in [0.717, 1.165) is 10.0 Å². The first-order chi connectivity index (χ1) is 11.9. The quantitative estimate of drug-likeness (QED) is 0.578. The molecule has 1 atom stereocenters.